The van der Waals surface area contributed by atoms with Crippen molar-refractivity contribution < 1.29 is 9.13 Å². The van der Waals surface area contributed by atoms with Gasteiger partial charge in [-0.3, -0.25) is 0 Å². The molecular formula is C13H14FN3O. The Balaban J connectivity index is 2.20. The van der Waals surface area contributed by atoms with Gasteiger partial charge in [-0.2, -0.15) is 0 Å². The first kappa shape index (κ1) is 12.2. The van der Waals surface area contributed by atoms with Crippen LogP contribution in [0.5, 0.6) is 5.75 Å². The second-order valence-corrected chi connectivity index (χ2v) is 3.63. The van der Waals surface area contributed by atoms with Crippen LogP contribution < -0.4 is 15.4 Å². The zero-order valence-electron chi connectivity index (χ0n) is 10.2. The highest BCUT2D eigenvalue weighted by atomic mass is 19.1. The lowest BCUT2D eigenvalue weighted by Gasteiger charge is -2.08. The first-order chi connectivity index (χ1) is 8.72. The Hall–Kier alpha value is -2.30. The Morgan fingerprint density at radius 3 is 2.61 bits per heavy atom. The molecule has 1 aromatic carbocycles. The first-order valence-corrected chi connectivity index (χ1v) is 5.48. The normalized spacial score (nSPS) is 9.94. The first-order valence-electron chi connectivity index (χ1n) is 5.48. The van der Waals surface area contributed by atoms with Crippen molar-refractivity contribution in [3.05, 3.63) is 42.2 Å². The molecule has 0 aliphatic heterocycles. The molecule has 2 aromatic rings. The zero-order chi connectivity index (χ0) is 13.0. The third kappa shape index (κ3) is 2.68. The molecule has 0 radical (unpaired) electrons. The van der Waals surface area contributed by atoms with Crippen molar-refractivity contribution >= 4 is 17.3 Å². The van der Waals surface area contributed by atoms with E-state index in [4.69, 9.17) is 4.74 Å². The fourth-order valence-electron chi connectivity index (χ4n) is 1.54. The number of methoxy groups -OCH3 is 1. The molecule has 0 bridgehead atoms. The molecule has 0 saturated heterocycles. The van der Waals surface area contributed by atoms with Crippen molar-refractivity contribution in [3.63, 3.8) is 0 Å². The Morgan fingerprint density at radius 1 is 1.17 bits per heavy atom. The van der Waals surface area contributed by atoms with Crippen LogP contribution in [0.4, 0.5) is 21.7 Å². The molecule has 5 heteroatoms. The minimum atomic E-state index is -0.410. The predicted octanol–water partition coefficient (Wildman–Crippen LogP) is 3.01. The molecule has 1 aromatic heterocycles. The fraction of sp³-hybridized carbons (Fsp3) is 0.154. The highest BCUT2D eigenvalue weighted by Gasteiger charge is 2.04. The van der Waals surface area contributed by atoms with Crippen molar-refractivity contribution in [1.29, 1.82) is 0 Å². The van der Waals surface area contributed by atoms with Gasteiger partial charge in [-0.05, 0) is 24.3 Å². The number of aromatic nitrogens is 1. The van der Waals surface area contributed by atoms with Gasteiger partial charge in [-0.1, -0.05) is 6.07 Å². The largest absolute Gasteiger partial charge is 0.494 e. The quantitative estimate of drug-likeness (QED) is 0.871. The molecule has 94 valence electrons. The third-order valence-corrected chi connectivity index (χ3v) is 2.43. The maximum atomic E-state index is 13.5. The summed E-state index contributed by atoms with van der Waals surface area (Å²) < 4.78 is 18.4. The van der Waals surface area contributed by atoms with E-state index in [1.54, 1.807) is 19.2 Å². The lowest BCUT2D eigenvalue weighted by atomic mass is 10.3. The summed E-state index contributed by atoms with van der Waals surface area (Å²) in [5.41, 5.74) is 0.619. The van der Waals surface area contributed by atoms with Crippen molar-refractivity contribution in [3.8, 4) is 5.75 Å². The summed E-state index contributed by atoms with van der Waals surface area (Å²) >= 11 is 0. The van der Waals surface area contributed by atoms with Gasteiger partial charge in [0, 0.05) is 18.8 Å². The summed E-state index contributed by atoms with van der Waals surface area (Å²) in [6.45, 7) is 0. The fourth-order valence-corrected chi connectivity index (χ4v) is 1.54. The van der Waals surface area contributed by atoms with Crippen LogP contribution in [0.1, 0.15) is 0 Å². The summed E-state index contributed by atoms with van der Waals surface area (Å²) in [7, 11) is 3.22. The van der Waals surface area contributed by atoms with Gasteiger partial charge in [-0.15, -0.1) is 0 Å². The third-order valence-electron chi connectivity index (χ3n) is 2.43. The number of hydrogen-bond donors (Lipinski definition) is 2. The van der Waals surface area contributed by atoms with Gasteiger partial charge in [0.25, 0.3) is 0 Å². The van der Waals surface area contributed by atoms with E-state index in [9.17, 15) is 4.39 Å². The van der Waals surface area contributed by atoms with Crippen LogP contribution in [0, 0.1) is 5.82 Å². The summed E-state index contributed by atoms with van der Waals surface area (Å²) in [5.74, 6) is 1.20. The van der Waals surface area contributed by atoms with Gasteiger partial charge in [0.05, 0.1) is 7.11 Å². The molecule has 18 heavy (non-hydrogen) atoms. The van der Waals surface area contributed by atoms with E-state index in [0.717, 1.165) is 5.82 Å². The lowest BCUT2D eigenvalue weighted by Crippen LogP contribution is -1.98. The maximum absolute atomic E-state index is 13.5. The van der Waals surface area contributed by atoms with E-state index in [1.807, 2.05) is 18.2 Å². The molecule has 0 amide bonds. The van der Waals surface area contributed by atoms with Gasteiger partial charge in [-0.25, -0.2) is 9.37 Å². The van der Waals surface area contributed by atoms with Gasteiger partial charge < -0.3 is 15.4 Å². The number of halogens is 1. The standard InChI is InChI=1S/C13H14FN3O/c1-15-12-4-3-5-13(17-12)16-9-6-7-11(18-2)10(14)8-9/h3-8H,1-2H3,(H2,15,16,17). The van der Waals surface area contributed by atoms with Gasteiger partial charge in [0.15, 0.2) is 11.6 Å². The van der Waals surface area contributed by atoms with E-state index >= 15 is 0 Å². The Kier molecular flexibility index (Phi) is 3.62. The van der Waals surface area contributed by atoms with Crippen molar-refractivity contribution in [2.24, 2.45) is 0 Å². The zero-order valence-corrected chi connectivity index (χ0v) is 10.2. The number of nitrogens with zero attached hydrogens (tertiary/aromatic N) is 1. The summed E-state index contributed by atoms with van der Waals surface area (Å²) in [6.07, 6.45) is 0. The van der Waals surface area contributed by atoms with Gasteiger partial charge in [0.1, 0.15) is 11.6 Å². The lowest BCUT2D eigenvalue weighted by molar-refractivity contribution is 0.386. The minimum absolute atomic E-state index is 0.220. The summed E-state index contributed by atoms with van der Waals surface area (Å²) in [4.78, 5) is 4.28. The molecule has 0 fully saturated rings. The van der Waals surface area contributed by atoms with Crippen LogP contribution in [-0.4, -0.2) is 19.1 Å². The molecule has 0 unspecified atom stereocenters. The molecule has 4 nitrogen and oxygen atoms in total. The number of ether oxygens (including phenoxy) is 1. The van der Waals surface area contributed by atoms with Crippen LogP contribution in [0.2, 0.25) is 0 Å². The van der Waals surface area contributed by atoms with Crippen LogP contribution >= 0.6 is 0 Å². The SMILES string of the molecule is CNc1cccc(Nc2ccc(OC)c(F)c2)n1. The molecule has 2 rings (SSSR count). The van der Waals surface area contributed by atoms with Crippen molar-refractivity contribution in [1.82, 2.24) is 4.98 Å². The highest BCUT2D eigenvalue weighted by Crippen LogP contribution is 2.23. The van der Waals surface area contributed by atoms with E-state index in [2.05, 4.69) is 15.6 Å². The molecule has 0 aliphatic carbocycles. The number of anilines is 3. The predicted molar refractivity (Wildman–Crippen MR) is 70.0 cm³/mol. The molecular weight excluding hydrogens is 233 g/mol. The van der Waals surface area contributed by atoms with Crippen LogP contribution in [0.15, 0.2) is 36.4 Å². The average Bonchev–Trinajstić information content (AvgIpc) is 2.39. The summed E-state index contributed by atoms with van der Waals surface area (Å²) in [6, 6.07) is 10.2. The van der Waals surface area contributed by atoms with E-state index < -0.39 is 5.82 Å². The number of hydrogen-bond acceptors (Lipinski definition) is 4. The molecule has 0 atom stereocenters. The molecule has 1 heterocycles. The molecule has 0 spiro atoms. The summed E-state index contributed by atoms with van der Waals surface area (Å²) in [5, 5.41) is 5.96. The van der Waals surface area contributed by atoms with Gasteiger partial charge in [0.2, 0.25) is 0 Å². The van der Waals surface area contributed by atoms with Crippen LogP contribution in [0.25, 0.3) is 0 Å². The minimum Gasteiger partial charge on any atom is -0.494 e. The monoisotopic (exact) mass is 247 g/mol. The van der Waals surface area contributed by atoms with Crippen LogP contribution in [-0.2, 0) is 0 Å². The Labute approximate surface area is 105 Å². The highest BCUT2D eigenvalue weighted by molar-refractivity contribution is 5.59. The molecule has 2 N–H and O–H groups in total. The van der Waals surface area contributed by atoms with Crippen LogP contribution in [0.3, 0.4) is 0 Å². The van der Waals surface area contributed by atoms with Crippen molar-refractivity contribution in [2.45, 2.75) is 0 Å². The molecule has 0 aliphatic rings. The number of rotatable bonds is 4. The maximum Gasteiger partial charge on any atom is 0.167 e. The Bertz CT molecular complexity index is 546. The second kappa shape index (κ2) is 5.35. The number of pyridine rings is 1. The molecule has 0 saturated carbocycles. The number of nitrogens with one attached hydrogen (secondary N) is 2. The topological polar surface area (TPSA) is 46.2 Å². The van der Waals surface area contributed by atoms with E-state index in [0.29, 0.717) is 11.5 Å². The van der Waals surface area contributed by atoms with E-state index in [-0.39, 0.29) is 5.75 Å². The second-order valence-electron chi connectivity index (χ2n) is 3.63. The number of benzene rings is 1. The average molecular weight is 247 g/mol. The van der Waals surface area contributed by atoms with E-state index in [1.165, 1.54) is 13.2 Å². The smallest absolute Gasteiger partial charge is 0.167 e. The van der Waals surface area contributed by atoms with Gasteiger partial charge >= 0.3 is 0 Å². The van der Waals surface area contributed by atoms with Crippen molar-refractivity contribution in [2.75, 3.05) is 24.8 Å². The Morgan fingerprint density at radius 2 is 1.94 bits per heavy atom.